The quantitative estimate of drug-likeness (QED) is 0.680. The maximum absolute atomic E-state index is 11.2. The molecule has 14 heavy (non-hydrogen) atoms. The first-order valence-electron chi connectivity index (χ1n) is 5.05. The predicted octanol–water partition coefficient (Wildman–Crippen LogP) is -0.361. The third-order valence-corrected chi connectivity index (χ3v) is 4.68. The second kappa shape index (κ2) is 5.09. The van der Waals surface area contributed by atoms with E-state index in [0.29, 0.717) is 18.8 Å². The SMILES string of the molecule is CNCC(CO)C1CCS(=O)(=O)CC1. The maximum atomic E-state index is 11.2. The van der Waals surface area contributed by atoms with Crippen LogP contribution in [0, 0.1) is 11.8 Å². The molecule has 1 saturated heterocycles. The van der Waals surface area contributed by atoms with Gasteiger partial charge in [0.1, 0.15) is 9.84 Å². The number of nitrogens with one attached hydrogen (secondary N) is 1. The Kier molecular flexibility index (Phi) is 4.34. The molecule has 1 aliphatic heterocycles. The van der Waals surface area contributed by atoms with Gasteiger partial charge in [-0.25, -0.2) is 8.42 Å². The fraction of sp³-hybridized carbons (Fsp3) is 1.00. The molecule has 0 aromatic heterocycles. The monoisotopic (exact) mass is 221 g/mol. The standard InChI is InChI=1S/C9H19NO3S/c1-10-6-9(7-11)8-2-4-14(12,13)5-3-8/h8-11H,2-7H2,1H3. The van der Waals surface area contributed by atoms with Crippen molar-refractivity contribution in [2.45, 2.75) is 12.8 Å². The van der Waals surface area contributed by atoms with Gasteiger partial charge in [0, 0.05) is 13.2 Å². The summed E-state index contributed by atoms with van der Waals surface area (Å²) in [5.41, 5.74) is 0. The molecule has 0 aromatic carbocycles. The molecule has 1 heterocycles. The average Bonchev–Trinajstić information content (AvgIpc) is 2.15. The molecule has 1 fully saturated rings. The van der Waals surface area contributed by atoms with Crippen molar-refractivity contribution in [3.63, 3.8) is 0 Å². The van der Waals surface area contributed by atoms with E-state index in [2.05, 4.69) is 5.32 Å². The number of hydrogen-bond acceptors (Lipinski definition) is 4. The minimum absolute atomic E-state index is 0.144. The molecule has 1 aliphatic rings. The van der Waals surface area contributed by atoms with Crippen LogP contribution in [-0.4, -0.2) is 45.2 Å². The molecule has 1 atom stereocenters. The number of aliphatic hydroxyl groups is 1. The van der Waals surface area contributed by atoms with Crippen LogP contribution in [0.5, 0.6) is 0 Å². The van der Waals surface area contributed by atoms with E-state index in [9.17, 15) is 8.42 Å². The Hall–Kier alpha value is -0.130. The van der Waals surface area contributed by atoms with Crippen LogP contribution in [0.3, 0.4) is 0 Å². The zero-order chi connectivity index (χ0) is 10.6. The number of rotatable bonds is 4. The van der Waals surface area contributed by atoms with Crippen molar-refractivity contribution in [2.24, 2.45) is 11.8 Å². The van der Waals surface area contributed by atoms with Crippen LogP contribution in [0.1, 0.15) is 12.8 Å². The lowest BCUT2D eigenvalue weighted by Gasteiger charge is -2.28. The average molecular weight is 221 g/mol. The lowest BCUT2D eigenvalue weighted by molar-refractivity contribution is 0.166. The smallest absolute Gasteiger partial charge is 0.150 e. The fourth-order valence-electron chi connectivity index (χ4n) is 2.02. The van der Waals surface area contributed by atoms with Crippen molar-refractivity contribution in [1.29, 1.82) is 0 Å². The Morgan fingerprint density at radius 1 is 1.43 bits per heavy atom. The van der Waals surface area contributed by atoms with Crippen molar-refractivity contribution in [2.75, 3.05) is 31.7 Å². The van der Waals surface area contributed by atoms with Gasteiger partial charge in [-0.1, -0.05) is 0 Å². The van der Waals surface area contributed by atoms with Gasteiger partial charge in [0.15, 0.2) is 0 Å². The molecule has 5 heteroatoms. The second-order valence-electron chi connectivity index (χ2n) is 3.99. The van der Waals surface area contributed by atoms with Gasteiger partial charge in [-0.05, 0) is 31.7 Å². The Morgan fingerprint density at radius 3 is 2.43 bits per heavy atom. The number of aliphatic hydroxyl groups excluding tert-OH is 1. The van der Waals surface area contributed by atoms with E-state index in [1.54, 1.807) is 0 Å². The summed E-state index contributed by atoms with van der Waals surface area (Å²) in [7, 11) is -0.925. The van der Waals surface area contributed by atoms with Crippen molar-refractivity contribution in [1.82, 2.24) is 5.32 Å². The van der Waals surface area contributed by atoms with E-state index in [-0.39, 0.29) is 24.0 Å². The minimum atomic E-state index is -2.77. The third-order valence-electron chi connectivity index (χ3n) is 2.97. The Bertz CT molecular complexity index is 249. The van der Waals surface area contributed by atoms with Gasteiger partial charge in [-0.15, -0.1) is 0 Å². The van der Waals surface area contributed by atoms with Crippen LogP contribution in [-0.2, 0) is 9.84 Å². The van der Waals surface area contributed by atoms with Crippen LogP contribution in [0.25, 0.3) is 0 Å². The van der Waals surface area contributed by atoms with E-state index in [4.69, 9.17) is 5.11 Å². The third kappa shape index (κ3) is 3.22. The highest BCUT2D eigenvalue weighted by molar-refractivity contribution is 7.91. The molecular formula is C9H19NO3S. The Labute approximate surface area is 85.6 Å². The molecular weight excluding hydrogens is 202 g/mol. The van der Waals surface area contributed by atoms with Gasteiger partial charge < -0.3 is 10.4 Å². The predicted molar refractivity (Wildman–Crippen MR) is 55.9 cm³/mol. The van der Waals surface area contributed by atoms with Gasteiger partial charge in [-0.2, -0.15) is 0 Å². The lowest BCUT2D eigenvalue weighted by atomic mass is 9.88. The van der Waals surface area contributed by atoms with Crippen molar-refractivity contribution in [3.8, 4) is 0 Å². The van der Waals surface area contributed by atoms with Crippen molar-refractivity contribution in [3.05, 3.63) is 0 Å². The van der Waals surface area contributed by atoms with Crippen LogP contribution in [0.2, 0.25) is 0 Å². The van der Waals surface area contributed by atoms with E-state index in [1.165, 1.54) is 0 Å². The van der Waals surface area contributed by atoms with E-state index >= 15 is 0 Å². The van der Waals surface area contributed by atoms with Gasteiger partial charge in [-0.3, -0.25) is 0 Å². The van der Waals surface area contributed by atoms with Crippen molar-refractivity contribution >= 4 is 9.84 Å². The van der Waals surface area contributed by atoms with Crippen LogP contribution >= 0.6 is 0 Å². The summed E-state index contributed by atoms with van der Waals surface area (Å²) in [6.45, 7) is 0.909. The summed E-state index contributed by atoms with van der Waals surface area (Å²) < 4.78 is 22.4. The van der Waals surface area contributed by atoms with E-state index in [1.807, 2.05) is 7.05 Å². The molecule has 0 radical (unpaired) electrons. The summed E-state index contributed by atoms with van der Waals surface area (Å²) in [6, 6.07) is 0. The van der Waals surface area contributed by atoms with Crippen molar-refractivity contribution < 1.29 is 13.5 Å². The highest BCUT2D eigenvalue weighted by Crippen LogP contribution is 2.25. The molecule has 0 bridgehead atoms. The molecule has 1 unspecified atom stereocenters. The van der Waals surface area contributed by atoms with Gasteiger partial charge in [0.25, 0.3) is 0 Å². The maximum Gasteiger partial charge on any atom is 0.150 e. The normalized spacial score (nSPS) is 24.7. The molecule has 0 saturated carbocycles. The second-order valence-corrected chi connectivity index (χ2v) is 6.29. The highest BCUT2D eigenvalue weighted by Gasteiger charge is 2.28. The van der Waals surface area contributed by atoms with Gasteiger partial charge >= 0.3 is 0 Å². The van der Waals surface area contributed by atoms with Crippen LogP contribution in [0.4, 0.5) is 0 Å². The summed E-state index contributed by atoms with van der Waals surface area (Å²) in [4.78, 5) is 0. The van der Waals surface area contributed by atoms with Gasteiger partial charge in [0.2, 0.25) is 0 Å². The number of sulfone groups is 1. The van der Waals surface area contributed by atoms with E-state index in [0.717, 1.165) is 6.54 Å². The first-order chi connectivity index (χ1) is 6.59. The van der Waals surface area contributed by atoms with Gasteiger partial charge in [0.05, 0.1) is 11.5 Å². The zero-order valence-electron chi connectivity index (χ0n) is 8.57. The molecule has 0 spiro atoms. The molecule has 0 aromatic rings. The molecule has 1 rings (SSSR count). The summed E-state index contributed by atoms with van der Waals surface area (Å²) in [5, 5.41) is 12.2. The van der Waals surface area contributed by atoms with E-state index < -0.39 is 9.84 Å². The first kappa shape index (κ1) is 11.9. The molecule has 84 valence electrons. The largest absolute Gasteiger partial charge is 0.396 e. The molecule has 4 nitrogen and oxygen atoms in total. The molecule has 0 amide bonds. The first-order valence-corrected chi connectivity index (χ1v) is 6.87. The number of hydrogen-bond donors (Lipinski definition) is 2. The fourth-order valence-corrected chi connectivity index (χ4v) is 3.55. The zero-order valence-corrected chi connectivity index (χ0v) is 9.39. The Morgan fingerprint density at radius 2 is 2.00 bits per heavy atom. The summed E-state index contributed by atoms with van der Waals surface area (Å²) in [5.74, 6) is 1.14. The Balaban J connectivity index is 2.47. The summed E-state index contributed by atoms with van der Waals surface area (Å²) >= 11 is 0. The molecule has 0 aliphatic carbocycles. The molecule has 2 N–H and O–H groups in total. The lowest BCUT2D eigenvalue weighted by Crippen LogP contribution is -2.34. The summed E-state index contributed by atoms with van der Waals surface area (Å²) in [6.07, 6.45) is 1.41. The van der Waals surface area contributed by atoms with Crippen LogP contribution in [0.15, 0.2) is 0 Å². The highest BCUT2D eigenvalue weighted by atomic mass is 32.2. The topological polar surface area (TPSA) is 66.4 Å². The van der Waals surface area contributed by atoms with Crippen LogP contribution < -0.4 is 5.32 Å². The minimum Gasteiger partial charge on any atom is -0.396 e.